The first-order chi connectivity index (χ1) is 15.3. The molecule has 32 heavy (non-hydrogen) atoms. The predicted octanol–water partition coefficient (Wildman–Crippen LogP) is 5.16. The molecule has 0 aliphatic carbocycles. The quantitative estimate of drug-likeness (QED) is 0.561. The number of hydrogen-bond donors (Lipinski definition) is 2. The molecule has 3 aromatic rings. The summed E-state index contributed by atoms with van der Waals surface area (Å²) in [4.78, 5) is 11.4. The van der Waals surface area contributed by atoms with Crippen molar-refractivity contribution in [3.05, 3.63) is 65.0 Å². The van der Waals surface area contributed by atoms with Gasteiger partial charge in [-0.3, -0.25) is 0 Å². The summed E-state index contributed by atoms with van der Waals surface area (Å²) in [5.41, 5.74) is 3.14. The Morgan fingerprint density at radius 3 is 2.53 bits per heavy atom. The number of halogens is 3. The summed E-state index contributed by atoms with van der Waals surface area (Å²) >= 11 is 1.78. The van der Waals surface area contributed by atoms with Gasteiger partial charge in [-0.15, -0.1) is 11.3 Å². The largest absolute Gasteiger partial charge is 0.490 e. The number of carboxylic acids is 1. The van der Waals surface area contributed by atoms with Gasteiger partial charge in [0.05, 0.1) is 11.6 Å². The summed E-state index contributed by atoms with van der Waals surface area (Å²) in [5, 5.41) is 23.5. The smallest absolute Gasteiger partial charge is 0.475 e. The monoisotopic (exact) mass is 461 g/mol. The molecule has 1 aromatic heterocycles. The van der Waals surface area contributed by atoms with Crippen LogP contribution < -0.4 is 10.2 Å². The molecule has 5 nitrogen and oxygen atoms in total. The average Bonchev–Trinajstić information content (AvgIpc) is 3.26. The number of anilines is 1. The molecule has 0 bridgehead atoms. The van der Waals surface area contributed by atoms with Crippen molar-refractivity contribution in [1.82, 2.24) is 5.32 Å². The third kappa shape index (κ3) is 5.99. The van der Waals surface area contributed by atoms with E-state index in [1.54, 1.807) is 11.3 Å². The van der Waals surface area contributed by atoms with E-state index in [1.807, 2.05) is 18.2 Å². The first-order valence-electron chi connectivity index (χ1n) is 10.0. The van der Waals surface area contributed by atoms with Crippen LogP contribution in [0.4, 0.5) is 18.9 Å². The molecular formula is C23H22F3N3O2S. The molecule has 4 rings (SSSR count). The fraction of sp³-hybridized carbons (Fsp3) is 0.304. The van der Waals surface area contributed by atoms with Gasteiger partial charge in [0, 0.05) is 23.0 Å². The standard InChI is InChI=1S/C21H21N3S.C2HF3O2/c22-14-17-3-1-2-4-18(17)15-24(19-7-10-23-11-8-19)20-5-6-21-16(13-20)9-12-25-21;3-2(4,5)1(6)7/h1-6,9,12-13,19,23H,7-8,10-11,15H2;(H,6,7). The number of aliphatic carboxylic acids is 1. The number of alkyl halides is 3. The van der Waals surface area contributed by atoms with E-state index in [0.29, 0.717) is 6.04 Å². The van der Waals surface area contributed by atoms with Gasteiger partial charge in [0.15, 0.2) is 0 Å². The first kappa shape index (κ1) is 23.6. The zero-order chi connectivity index (χ0) is 23.1. The number of rotatable bonds is 4. The lowest BCUT2D eigenvalue weighted by molar-refractivity contribution is -0.192. The molecule has 1 aliphatic heterocycles. The molecule has 1 saturated heterocycles. The number of nitriles is 1. The van der Waals surface area contributed by atoms with Crippen molar-refractivity contribution in [3.8, 4) is 6.07 Å². The Morgan fingerprint density at radius 1 is 1.19 bits per heavy atom. The van der Waals surface area contributed by atoms with Crippen molar-refractivity contribution in [1.29, 1.82) is 5.26 Å². The number of thiophene rings is 1. The van der Waals surface area contributed by atoms with Gasteiger partial charge < -0.3 is 15.3 Å². The fourth-order valence-corrected chi connectivity index (χ4v) is 4.40. The minimum absolute atomic E-state index is 0.504. The predicted molar refractivity (Wildman–Crippen MR) is 119 cm³/mol. The zero-order valence-corrected chi connectivity index (χ0v) is 17.9. The van der Waals surface area contributed by atoms with Crippen molar-refractivity contribution < 1.29 is 23.1 Å². The van der Waals surface area contributed by atoms with Crippen molar-refractivity contribution in [3.63, 3.8) is 0 Å². The summed E-state index contributed by atoms with van der Waals surface area (Å²) in [6.07, 6.45) is -2.81. The Kier molecular flexibility index (Phi) is 7.72. The lowest BCUT2D eigenvalue weighted by atomic mass is 10.0. The first-order valence-corrected chi connectivity index (χ1v) is 10.9. The number of carboxylic acid groups (broad SMARTS) is 1. The van der Waals surface area contributed by atoms with E-state index in [9.17, 15) is 18.4 Å². The Morgan fingerprint density at radius 2 is 1.88 bits per heavy atom. The molecule has 0 spiro atoms. The second kappa shape index (κ2) is 10.5. The van der Waals surface area contributed by atoms with Gasteiger partial charge in [-0.25, -0.2) is 4.79 Å². The normalized spacial score (nSPS) is 14.3. The van der Waals surface area contributed by atoms with Gasteiger partial charge in [0.2, 0.25) is 0 Å². The Balaban J connectivity index is 0.000000360. The lowest BCUT2D eigenvalue weighted by Gasteiger charge is -2.37. The minimum Gasteiger partial charge on any atom is -0.475 e. The second-order valence-electron chi connectivity index (χ2n) is 7.32. The van der Waals surface area contributed by atoms with Crippen LogP contribution in [-0.4, -0.2) is 36.4 Å². The average molecular weight is 462 g/mol. The molecule has 1 aliphatic rings. The van der Waals surface area contributed by atoms with Crippen LogP contribution in [0.1, 0.15) is 24.0 Å². The summed E-state index contributed by atoms with van der Waals surface area (Å²) < 4.78 is 33.1. The number of carbonyl (C=O) groups is 1. The maximum atomic E-state index is 10.6. The summed E-state index contributed by atoms with van der Waals surface area (Å²) in [6.45, 7) is 2.90. The number of hydrogen-bond acceptors (Lipinski definition) is 5. The molecule has 1 fully saturated rings. The molecule has 168 valence electrons. The van der Waals surface area contributed by atoms with E-state index in [4.69, 9.17) is 9.90 Å². The van der Waals surface area contributed by atoms with E-state index in [1.165, 1.54) is 15.8 Å². The number of nitrogens with one attached hydrogen (secondary N) is 1. The van der Waals surface area contributed by atoms with Crippen molar-refractivity contribution in [2.24, 2.45) is 0 Å². The molecule has 0 amide bonds. The molecule has 2 heterocycles. The van der Waals surface area contributed by atoms with Crippen LogP contribution in [0, 0.1) is 11.3 Å². The number of fused-ring (bicyclic) bond motifs is 1. The van der Waals surface area contributed by atoms with Gasteiger partial charge in [0.25, 0.3) is 0 Å². The van der Waals surface area contributed by atoms with Gasteiger partial charge >= 0.3 is 12.1 Å². The van der Waals surface area contributed by atoms with E-state index < -0.39 is 12.1 Å². The summed E-state index contributed by atoms with van der Waals surface area (Å²) in [5.74, 6) is -2.76. The van der Waals surface area contributed by atoms with Gasteiger partial charge in [-0.05, 0) is 72.6 Å². The van der Waals surface area contributed by atoms with Crippen LogP contribution in [0.2, 0.25) is 0 Å². The summed E-state index contributed by atoms with van der Waals surface area (Å²) in [6, 6.07) is 19.7. The topological polar surface area (TPSA) is 76.4 Å². The highest BCUT2D eigenvalue weighted by Crippen LogP contribution is 2.30. The van der Waals surface area contributed by atoms with Crippen molar-refractivity contribution >= 4 is 33.1 Å². The SMILES string of the molecule is N#Cc1ccccc1CN(c1ccc2sccc2c1)C1CCNCC1.O=C(O)C(F)(F)F. The molecular weight excluding hydrogens is 439 g/mol. The van der Waals surface area contributed by atoms with Crippen molar-refractivity contribution in [2.75, 3.05) is 18.0 Å². The molecule has 2 N–H and O–H groups in total. The maximum Gasteiger partial charge on any atom is 0.490 e. The highest BCUT2D eigenvalue weighted by Gasteiger charge is 2.38. The van der Waals surface area contributed by atoms with Crippen LogP contribution in [0.5, 0.6) is 0 Å². The maximum absolute atomic E-state index is 10.6. The van der Waals surface area contributed by atoms with E-state index in [2.05, 4.69) is 52.0 Å². The van der Waals surface area contributed by atoms with Crippen LogP contribution in [0.15, 0.2) is 53.9 Å². The highest BCUT2D eigenvalue weighted by molar-refractivity contribution is 7.17. The third-order valence-electron chi connectivity index (χ3n) is 5.24. The van der Waals surface area contributed by atoms with Crippen molar-refractivity contribution in [2.45, 2.75) is 31.6 Å². The van der Waals surface area contributed by atoms with Gasteiger partial charge in [-0.2, -0.15) is 18.4 Å². The number of benzene rings is 2. The Labute approximate surface area is 187 Å². The lowest BCUT2D eigenvalue weighted by Crippen LogP contribution is -2.43. The minimum atomic E-state index is -5.08. The van der Waals surface area contributed by atoms with E-state index in [-0.39, 0.29) is 0 Å². The van der Waals surface area contributed by atoms with E-state index in [0.717, 1.165) is 43.6 Å². The van der Waals surface area contributed by atoms with Crippen LogP contribution in [-0.2, 0) is 11.3 Å². The second-order valence-corrected chi connectivity index (χ2v) is 8.27. The zero-order valence-electron chi connectivity index (χ0n) is 17.1. The molecule has 0 radical (unpaired) electrons. The fourth-order valence-electron chi connectivity index (χ4n) is 3.63. The van der Waals surface area contributed by atoms with Crippen LogP contribution >= 0.6 is 11.3 Å². The Hall–Kier alpha value is -3.09. The molecule has 2 aromatic carbocycles. The highest BCUT2D eigenvalue weighted by atomic mass is 32.1. The molecule has 0 unspecified atom stereocenters. The number of piperidine rings is 1. The summed E-state index contributed by atoms with van der Waals surface area (Å²) in [7, 11) is 0. The number of nitrogens with zero attached hydrogens (tertiary/aromatic N) is 2. The molecule has 9 heteroatoms. The van der Waals surface area contributed by atoms with E-state index >= 15 is 0 Å². The van der Waals surface area contributed by atoms with Crippen LogP contribution in [0.3, 0.4) is 0 Å². The third-order valence-corrected chi connectivity index (χ3v) is 6.14. The van der Waals surface area contributed by atoms with Gasteiger partial charge in [-0.1, -0.05) is 18.2 Å². The van der Waals surface area contributed by atoms with Gasteiger partial charge in [0.1, 0.15) is 0 Å². The molecule has 0 saturated carbocycles. The Bertz CT molecular complexity index is 1100. The van der Waals surface area contributed by atoms with Crippen LogP contribution in [0.25, 0.3) is 10.1 Å². The molecule has 0 atom stereocenters.